The molecule has 2 N–H and O–H groups in total. The first kappa shape index (κ1) is 28.5. The van der Waals surface area contributed by atoms with E-state index in [2.05, 4.69) is 10.6 Å². The van der Waals surface area contributed by atoms with Crippen molar-refractivity contribution >= 4 is 17.9 Å². The summed E-state index contributed by atoms with van der Waals surface area (Å²) >= 11 is 0. The second-order valence-corrected chi connectivity index (χ2v) is 9.99. The van der Waals surface area contributed by atoms with Crippen LogP contribution < -0.4 is 10.6 Å². The van der Waals surface area contributed by atoms with Gasteiger partial charge in [0, 0.05) is 12.6 Å². The first-order valence-electron chi connectivity index (χ1n) is 11.9. The fourth-order valence-corrected chi connectivity index (χ4v) is 3.65. The van der Waals surface area contributed by atoms with Crippen LogP contribution in [0.5, 0.6) is 0 Å². The van der Waals surface area contributed by atoms with Crippen molar-refractivity contribution in [1.82, 2.24) is 15.5 Å². The summed E-state index contributed by atoms with van der Waals surface area (Å²) in [6, 6.07) is 4.07. The minimum absolute atomic E-state index is 0.0795. The summed E-state index contributed by atoms with van der Waals surface area (Å²) in [5.41, 5.74) is 2.11. The molecular weight excluding hydrogens is 418 g/mol. The monoisotopic (exact) mass is 461 g/mol. The highest BCUT2D eigenvalue weighted by molar-refractivity contribution is 5.92. The number of alkyl carbamates (subject to hydrolysis) is 1. The highest BCUT2D eigenvalue weighted by atomic mass is 16.6. The summed E-state index contributed by atoms with van der Waals surface area (Å²) in [5.74, 6) is -0.692. The topological polar surface area (TPSA) is 87.7 Å². The van der Waals surface area contributed by atoms with Crippen LogP contribution in [-0.4, -0.2) is 47.0 Å². The van der Waals surface area contributed by atoms with Gasteiger partial charge in [0.1, 0.15) is 17.7 Å². The molecule has 0 aliphatic carbocycles. The Kier molecular flexibility index (Phi) is 10.4. The molecule has 0 aliphatic rings. The van der Waals surface area contributed by atoms with Gasteiger partial charge < -0.3 is 20.3 Å². The normalized spacial score (nSPS) is 14.3. The van der Waals surface area contributed by atoms with Crippen LogP contribution >= 0.6 is 0 Å². The van der Waals surface area contributed by atoms with Crippen LogP contribution in [0.4, 0.5) is 4.79 Å². The molecule has 1 rings (SSSR count). The molecule has 7 nitrogen and oxygen atoms in total. The molecule has 0 bridgehead atoms. The van der Waals surface area contributed by atoms with Gasteiger partial charge in [0.15, 0.2) is 0 Å². The van der Waals surface area contributed by atoms with E-state index in [1.54, 1.807) is 25.7 Å². The standard InChI is InChI=1S/C26H43N3O4/c1-11-17(5)21(28-25(32)33-26(8,9)10)24(31)29(12-2)22(23(30)27-16(3)4)20-15-13-14-18(6)19(20)7/h13-17,21-22H,11-12H2,1-10H3,(H,27,30)(H,28,32). The Morgan fingerprint density at radius 2 is 1.64 bits per heavy atom. The molecule has 0 aromatic heterocycles. The fraction of sp³-hybridized carbons (Fsp3) is 0.654. The first-order chi connectivity index (χ1) is 15.2. The van der Waals surface area contributed by atoms with Gasteiger partial charge in [-0.2, -0.15) is 0 Å². The fourth-order valence-electron chi connectivity index (χ4n) is 3.65. The van der Waals surface area contributed by atoms with Crippen molar-refractivity contribution < 1.29 is 19.1 Å². The third kappa shape index (κ3) is 8.06. The number of rotatable bonds is 9. The van der Waals surface area contributed by atoms with E-state index < -0.39 is 23.8 Å². The maximum absolute atomic E-state index is 13.9. The van der Waals surface area contributed by atoms with Crippen molar-refractivity contribution in [2.24, 2.45) is 5.92 Å². The summed E-state index contributed by atoms with van der Waals surface area (Å²) in [6.45, 7) is 19.1. The number of nitrogens with zero attached hydrogens (tertiary/aromatic N) is 1. The summed E-state index contributed by atoms with van der Waals surface area (Å²) in [5, 5.41) is 5.73. The molecule has 0 fully saturated rings. The maximum Gasteiger partial charge on any atom is 0.408 e. The number of carbonyl (C=O) groups excluding carboxylic acids is 3. The van der Waals surface area contributed by atoms with Crippen LogP contribution in [0.3, 0.4) is 0 Å². The Morgan fingerprint density at radius 1 is 1.03 bits per heavy atom. The zero-order valence-corrected chi connectivity index (χ0v) is 22.0. The van der Waals surface area contributed by atoms with Crippen molar-refractivity contribution in [1.29, 1.82) is 0 Å². The number of ether oxygens (including phenoxy) is 1. The molecule has 0 spiro atoms. The number of nitrogens with one attached hydrogen (secondary N) is 2. The van der Waals surface area contributed by atoms with Gasteiger partial charge in [-0.1, -0.05) is 38.5 Å². The van der Waals surface area contributed by atoms with Crippen molar-refractivity contribution in [2.75, 3.05) is 6.54 Å². The minimum Gasteiger partial charge on any atom is -0.444 e. The van der Waals surface area contributed by atoms with Crippen molar-refractivity contribution in [3.63, 3.8) is 0 Å². The number of carbonyl (C=O) groups is 3. The van der Waals surface area contributed by atoms with Crippen LogP contribution in [0.2, 0.25) is 0 Å². The zero-order valence-electron chi connectivity index (χ0n) is 22.0. The predicted octanol–water partition coefficient (Wildman–Crippen LogP) is 4.66. The van der Waals surface area contributed by atoms with E-state index in [0.29, 0.717) is 13.0 Å². The summed E-state index contributed by atoms with van der Waals surface area (Å²) in [7, 11) is 0. The van der Waals surface area contributed by atoms with E-state index in [1.165, 1.54) is 0 Å². The summed E-state index contributed by atoms with van der Waals surface area (Å²) in [6.07, 6.45) is 0.0305. The quantitative estimate of drug-likeness (QED) is 0.560. The number of hydrogen-bond acceptors (Lipinski definition) is 4. The second kappa shape index (κ2) is 12.1. The predicted molar refractivity (Wildman–Crippen MR) is 132 cm³/mol. The minimum atomic E-state index is -0.815. The molecule has 0 radical (unpaired) electrons. The van der Waals surface area contributed by atoms with Gasteiger partial charge in [0.25, 0.3) is 0 Å². The van der Waals surface area contributed by atoms with Crippen molar-refractivity contribution in [3.05, 3.63) is 34.9 Å². The van der Waals surface area contributed by atoms with Crippen LogP contribution in [0.1, 0.15) is 84.5 Å². The number of likely N-dealkylation sites (N-methyl/N-ethyl adjacent to an activating group) is 1. The molecule has 3 unspecified atom stereocenters. The van der Waals surface area contributed by atoms with Crippen LogP contribution in [0.25, 0.3) is 0 Å². The molecule has 1 aromatic carbocycles. The van der Waals surface area contributed by atoms with Gasteiger partial charge in [-0.05, 0) is 78.0 Å². The second-order valence-electron chi connectivity index (χ2n) is 9.99. The number of aryl methyl sites for hydroxylation is 1. The molecule has 0 aliphatic heterocycles. The van der Waals surface area contributed by atoms with Gasteiger partial charge in [0.2, 0.25) is 11.8 Å². The van der Waals surface area contributed by atoms with Gasteiger partial charge in [-0.3, -0.25) is 9.59 Å². The Bertz CT molecular complexity index is 829. The maximum atomic E-state index is 13.9. The molecule has 186 valence electrons. The zero-order chi connectivity index (χ0) is 25.5. The Morgan fingerprint density at radius 3 is 2.12 bits per heavy atom. The average Bonchev–Trinajstić information content (AvgIpc) is 2.69. The highest BCUT2D eigenvalue weighted by Gasteiger charge is 2.38. The number of hydrogen-bond donors (Lipinski definition) is 2. The van der Waals surface area contributed by atoms with E-state index in [1.807, 2.05) is 66.7 Å². The molecule has 3 amide bonds. The number of amides is 3. The van der Waals surface area contributed by atoms with Crippen LogP contribution in [0, 0.1) is 19.8 Å². The smallest absolute Gasteiger partial charge is 0.408 e. The van der Waals surface area contributed by atoms with E-state index in [4.69, 9.17) is 4.74 Å². The van der Waals surface area contributed by atoms with Crippen molar-refractivity contribution in [2.45, 2.75) is 99.4 Å². The van der Waals surface area contributed by atoms with E-state index >= 15 is 0 Å². The third-order valence-electron chi connectivity index (χ3n) is 5.71. The molecule has 0 heterocycles. The van der Waals surface area contributed by atoms with E-state index in [-0.39, 0.29) is 23.8 Å². The lowest BCUT2D eigenvalue weighted by atomic mass is 9.93. The van der Waals surface area contributed by atoms with E-state index in [9.17, 15) is 14.4 Å². The van der Waals surface area contributed by atoms with Crippen LogP contribution in [-0.2, 0) is 14.3 Å². The van der Waals surface area contributed by atoms with Gasteiger partial charge >= 0.3 is 6.09 Å². The molecule has 3 atom stereocenters. The summed E-state index contributed by atoms with van der Waals surface area (Å²) < 4.78 is 5.41. The lowest BCUT2D eigenvalue weighted by Gasteiger charge is -2.36. The lowest BCUT2D eigenvalue weighted by molar-refractivity contribution is -0.143. The molecule has 1 aromatic rings. The Hall–Kier alpha value is -2.57. The third-order valence-corrected chi connectivity index (χ3v) is 5.71. The van der Waals surface area contributed by atoms with Gasteiger partial charge in [-0.25, -0.2) is 4.79 Å². The molecule has 0 saturated heterocycles. The van der Waals surface area contributed by atoms with Crippen molar-refractivity contribution in [3.8, 4) is 0 Å². The highest BCUT2D eigenvalue weighted by Crippen LogP contribution is 2.28. The molecule has 0 saturated carbocycles. The molecule has 7 heteroatoms. The Balaban J connectivity index is 3.46. The number of benzene rings is 1. The average molecular weight is 462 g/mol. The first-order valence-corrected chi connectivity index (χ1v) is 11.9. The SMILES string of the molecule is CCC(C)C(NC(=O)OC(C)(C)C)C(=O)N(CC)C(C(=O)NC(C)C)c1cccc(C)c1C. The Labute approximate surface area is 199 Å². The largest absolute Gasteiger partial charge is 0.444 e. The summed E-state index contributed by atoms with van der Waals surface area (Å²) in [4.78, 5) is 41.3. The van der Waals surface area contributed by atoms with Crippen LogP contribution in [0.15, 0.2) is 18.2 Å². The van der Waals surface area contributed by atoms with Gasteiger partial charge in [0.05, 0.1) is 0 Å². The lowest BCUT2D eigenvalue weighted by Crippen LogP contribution is -2.55. The molecule has 33 heavy (non-hydrogen) atoms. The van der Waals surface area contributed by atoms with E-state index in [0.717, 1.165) is 16.7 Å². The van der Waals surface area contributed by atoms with Gasteiger partial charge in [-0.15, -0.1) is 0 Å². The molecular formula is C26H43N3O4.